The summed E-state index contributed by atoms with van der Waals surface area (Å²) in [6, 6.07) is 7.74. The minimum Gasteiger partial charge on any atom is -0.489 e. The lowest BCUT2D eigenvalue weighted by atomic mass is 10.2. The lowest BCUT2D eigenvalue weighted by Crippen LogP contribution is -2.26. The van der Waals surface area contributed by atoms with Crippen LogP contribution in [0.5, 0.6) is 5.75 Å². The number of hydrogen-bond acceptors (Lipinski definition) is 3. The zero-order chi connectivity index (χ0) is 13.5. The Bertz CT molecular complexity index is 390. The Kier molecular flexibility index (Phi) is 5.49. The molecule has 0 aliphatic rings. The van der Waals surface area contributed by atoms with E-state index in [9.17, 15) is 4.79 Å². The summed E-state index contributed by atoms with van der Waals surface area (Å²) in [5.74, 6) is 0.0236. The van der Waals surface area contributed by atoms with Crippen LogP contribution >= 0.6 is 0 Å². The van der Waals surface area contributed by atoms with Crippen LogP contribution in [0.2, 0.25) is 0 Å². The molecule has 0 bridgehead atoms. The van der Waals surface area contributed by atoms with Crippen LogP contribution in [0.4, 0.5) is 5.69 Å². The first-order valence-electron chi connectivity index (χ1n) is 6.27. The van der Waals surface area contributed by atoms with Crippen molar-refractivity contribution in [3.8, 4) is 5.75 Å². The van der Waals surface area contributed by atoms with Crippen LogP contribution in [0.1, 0.15) is 27.2 Å². The largest absolute Gasteiger partial charge is 0.489 e. The Morgan fingerprint density at radius 2 is 2.06 bits per heavy atom. The normalized spacial score (nSPS) is 10.4. The molecule has 0 aromatic heterocycles. The van der Waals surface area contributed by atoms with Crippen molar-refractivity contribution in [1.82, 2.24) is 0 Å². The van der Waals surface area contributed by atoms with Gasteiger partial charge in [-0.25, -0.2) is 0 Å². The van der Waals surface area contributed by atoms with Gasteiger partial charge in [0, 0.05) is 13.1 Å². The molecule has 0 atom stereocenters. The molecule has 0 amide bonds. The Balaban J connectivity index is 2.86. The highest BCUT2D eigenvalue weighted by atomic mass is 16.5. The first-order valence-corrected chi connectivity index (χ1v) is 6.27. The van der Waals surface area contributed by atoms with Crippen LogP contribution in [0.15, 0.2) is 24.3 Å². The van der Waals surface area contributed by atoms with Gasteiger partial charge in [-0.3, -0.25) is 4.79 Å². The topological polar surface area (TPSA) is 49.8 Å². The molecule has 0 radical (unpaired) electrons. The molecule has 0 aliphatic carbocycles. The van der Waals surface area contributed by atoms with Crippen LogP contribution in [0.3, 0.4) is 0 Å². The van der Waals surface area contributed by atoms with E-state index in [1.807, 2.05) is 49.9 Å². The van der Waals surface area contributed by atoms with Crippen molar-refractivity contribution in [2.24, 2.45) is 0 Å². The predicted molar refractivity (Wildman–Crippen MR) is 72.3 cm³/mol. The number of carbonyl (C=O) groups is 1. The summed E-state index contributed by atoms with van der Waals surface area (Å²) < 4.78 is 5.75. The molecule has 0 saturated heterocycles. The number of nitrogens with zero attached hydrogens (tertiary/aromatic N) is 1. The highest BCUT2D eigenvalue weighted by molar-refractivity contribution is 5.68. The number of rotatable bonds is 7. The van der Waals surface area contributed by atoms with Gasteiger partial charge in [0.25, 0.3) is 0 Å². The molecule has 100 valence electrons. The van der Waals surface area contributed by atoms with E-state index in [0.29, 0.717) is 6.54 Å². The molecule has 4 nitrogen and oxygen atoms in total. The third-order valence-electron chi connectivity index (χ3n) is 2.55. The monoisotopic (exact) mass is 251 g/mol. The van der Waals surface area contributed by atoms with Crippen molar-refractivity contribution in [3.63, 3.8) is 0 Å². The standard InChI is InChI=1S/C14H21NO3/c1-4-15(10-9-14(16)17)12-7-5-6-8-13(12)18-11(2)3/h5-8,11H,4,9-10H2,1-3H3,(H,16,17). The lowest BCUT2D eigenvalue weighted by Gasteiger charge is -2.25. The van der Waals surface area contributed by atoms with Gasteiger partial charge in [0.2, 0.25) is 0 Å². The van der Waals surface area contributed by atoms with E-state index in [1.165, 1.54) is 0 Å². The maximum atomic E-state index is 10.7. The van der Waals surface area contributed by atoms with E-state index < -0.39 is 5.97 Å². The van der Waals surface area contributed by atoms with Crippen LogP contribution < -0.4 is 9.64 Å². The first-order chi connectivity index (χ1) is 8.54. The van der Waals surface area contributed by atoms with Gasteiger partial charge >= 0.3 is 5.97 Å². The van der Waals surface area contributed by atoms with Crippen molar-refractivity contribution in [2.45, 2.75) is 33.3 Å². The molecule has 0 unspecified atom stereocenters. The summed E-state index contributed by atoms with van der Waals surface area (Å²) in [6.45, 7) is 7.21. The quantitative estimate of drug-likeness (QED) is 0.809. The van der Waals surface area contributed by atoms with E-state index in [1.54, 1.807) is 0 Å². The molecule has 1 aromatic rings. The third kappa shape index (κ3) is 4.28. The van der Waals surface area contributed by atoms with Gasteiger partial charge in [-0.15, -0.1) is 0 Å². The number of benzene rings is 1. The maximum Gasteiger partial charge on any atom is 0.305 e. The van der Waals surface area contributed by atoms with E-state index in [0.717, 1.165) is 18.0 Å². The first kappa shape index (κ1) is 14.4. The minimum atomic E-state index is -0.782. The zero-order valence-corrected chi connectivity index (χ0v) is 11.2. The van der Waals surface area contributed by atoms with E-state index in [-0.39, 0.29) is 12.5 Å². The molecule has 0 fully saturated rings. The van der Waals surface area contributed by atoms with Crippen molar-refractivity contribution in [2.75, 3.05) is 18.0 Å². The number of para-hydroxylation sites is 2. The van der Waals surface area contributed by atoms with Gasteiger partial charge in [0.05, 0.1) is 18.2 Å². The highest BCUT2D eigenvalue weighted by Gasteiger charge is 2.12. The Morgan fingerprint density at radius 1 is 1.39 bits per heavy atom. The van der Waals surface area contributed by atoms with Crippen molar-refractivity contribution < 1.29 is 14.6 Å². The highest BCUT2D eigenvalue weighted by Crippen LogP contribution is 2.28. The number of ether oxygens (including phenoxy) is 1. The molecule has 1 aromatic carbocycles. The van der Waals surface area contributed by atoms with Crippen LogP contribution in [-0.4, -0.2) is 30.3 Å². The maximum absolute atomic E-state index is 10.7. The summed E-state index contributed by atoms with van der Waals surface area (Å²) in [7, 11) is 0. The van der Waals surface area contributed by atoms with Gasteiger partial charge in [-0.1, -0.05) is 12.1 Å². The summed E-state index contributed by atoms with van der Waals surface area (Å²) in [5.41, 5.74) is 0.954. The molecule has 1 rings (SSSR count). The number of anilines is 1. The average molecular weight is 251 g/mol. The Hall–Kier alpha value is -1.71. The predicted octanol–water partition coefficient (Wildman–Crippen LogP) is 2.77. The number of carboxylic acid groups (broad SMARTS) is 1. The van der Waals surface area contributed by atoms with Gasteiger partial charge in [0.1, 0.15) is 5.75 Å². The second-order valence-electron chi connectivity index (χ2n) is 4.36. The minimum absolute atomic E-state index is 0.101. The van der Waals surface area contributed by atoms with Crippen molar-refractivity contribution in [1.29, 1.82) is 0 Å². The summed E-state index contributed by atoms with van der Waals surface area (Å²) in [6.07, 6.45) is 0.230. The van der Waals surface area contributed by atoms with Gasteiger partial charge < -0.3 is 14.7 Å². The molecule has 0 saturated carbocycles. The van der Waals surface area contributed by atoms with Crippen LogP contribution in [0.25, 0.3) is 0 Å². The van der Waals surface area contributed by atoms with Crippen LogP contribution in [0, 0.1) is 0 Å². The van der Waals surface area contributed by atoms with Gasteiger partial charge in [-0.05, 0) is 32.9 Å². The Morgan fingerprint density at radius 3 is 2.61 bits per heavy atom. The van der Waals surface area contributed by atoms with E-state index in [4.69, 9.17) is 9.84 Å². The number of aliphatic carboxylic acids is 1. The molecule has 1 N–H and O–H groups in total. The number of carboxylic acids is 1. The van der Waals surface area contributed by atoms with E-state index >= 15 is 0 Å². The van der Waals surface area contributed by atoms with Gasteiger partial charge in [-0.2, -0.15) is 0 Å². The summed E-state index contributed by atoms with van der Waals surface area (Å²) in [5, 5.41) is 8.76. The molecule has 0 heterocycles. The molecule has 4 heteroatoms. The molecule has 0 aliphatic heterocycles. The second-order valence-corrected chi connectivity index (χ2v) is 4.36. The molecular weight excluding hydrogens is 230 g/mol. The number of hydrogen-bond donors (Lipinski definition) is 1. The Labute approximate surface area is 108 Å². The average Bonchev–Trinajstić information content (AvgIpc) is 2.30. The fourth-order valence-corrected chi connectivity index (χ4v) is 1.75. The van der Waals surface area contributed by atoms with Crippen LogP contribution in [-0.2, 0) is 4.79 Å². The fraction of sp³-hybridized carbons (Fsp3) is 0.500. The summed E-state index contributed by atoms with van der Waals surface area (Å²) in [4.78, 5) is 12.7. The molecule has 0 spiro atoms. The molecular formula is C14H21NO3. The van der Waals surface area contributed by atoms with Gasteiger partial charge in [0.15, 0.2) is 0 Å². The summed E-state index contributed by atoms with van der Waals surface area (Å²) >= 11 is 0. The smallest absolute Gasteiger partial charge is 0.305 e. The zero-order valence-electron chi connectivity index (χ0n) is 11.2. The lowest BCUT2D eigenvalue weighted by molar-refractivity contribution is -0.136. The fourth-order valence-electron chi connectivity index (χ4n) is 1.75. The SMILES string of the molecule is CCN(CCC(=O)O)c1ccccc1OC(C)C. The van der Waals surface area contributed by atoms with E-state index in [2.05, 4.69) is 0 Å². The third-order valence-corrected chi connectivity index (χ3v) is 2.55. The van der Waals surface area contributed by atoms with Crippen molar-refractivity contribution in [3.05, 3.63) is 24.3 Å². The molecule has 18 heavy (non-hydrogen) atoms. The second kappa shape index (κ2) is 6.89. The van der Waals surface area contributed by atoms with Crippen molar-refractivity contribution >= 4 is 11.7 Å².